The number of aromatic amines is 1. The molecule has 0 radical (unpaired) electrons. The number of benzene rings is 2. The Morgan fingerprint density at radius 3 is 2.38 bits per heavy atom. The Kier molecular flexibility index (Phi) is 2.40. The lowest BCUT2D eigenvalue weighted by molar-refractivity contribution is 0.0926. The molecular formula is C15H8ClN3O2. The number of aromatic nitrogens is 2. The molecule has 1 N–H and O–H groups in total. The summed E-state index contributed by atoms with van der Waals surface area (Å²) in [6.07, 6.45) is 1.60. The number of carbonyl (C=O) groups excluding carboxylic acids is 2. The van der Waals surface area contributed by atoms with Gasteiger partial charge in [-0.1, -0.05) is 23.7 Å². The second kappa shape index (κ2) is 4.17. The molecule has 1 aliphatic heterocycles. The Morgan fingerprint density at radius 2 is 1.71 bits per heavy atom. The van der Waals surface area contributed by atoms with Gasteiger partial charge in [0.1, 0.15) is 0 Å². The van der Waals surface area contributed by atoms with Crippen LogP contribution in [0.5, 0.6) is 0 Å². The molecule has 0 spiro atoms. The van der Waals surface area contributed by atoms with Gasteiger partial charge in [-0.2, -0.15) is 5.10 Å². The van der Waals surface area contributed by atoms with Crippen LogP contribution in [0.15, 0.2) is 42.6 Å². The van der Waals surface area contributed by atoms with Crippen molar-refractivity contribution in [1.29, 1.82) is 0 Å². The van der Waals surface area contributed by atoms with E-state index in [0.29, 0.717) is 27.4 Å². The number of anilines is 1. The van der Waals surface area contributed by atoms with Crippen LogP contribution < -0.4 is 4.90 Å². The molecule has 0 saturated carbocycles. The molecule has 1 aliphatic rings. The van der Waals surface area contributed by atoms with Crippen LogP contribution >= 0.6 is 11.6 Å². The first-order chi connectivity index (χ1) is 10.2. The fourth-order valence-corrected chi connectivity index (χ4v) is 2.81. The molecule has 0 atom stereocenters. The van der Waals surface area contributed by atoms with Gasteiger partial charge in [0.2, 0.25) is 0 Å². The van der Waals surface area contributed by atoms with Crippen molar-refractivity contribution in [3.05, 3.63) is 58.7 Å². The van der Waals surface area contributed by atoms with E-state index in [2.05, 4.69) is 10.2 Å². The number of hydrogen-bond donors (Lipinski definition) is 1. The Balaban J connectivity index is 1.90. The summed E-state index contributed by atoms with van der Waals surface area (Å²) >= 11 is 6.18. The zero-order chi connectivity index (χ0) is 14.6. The number of halogens is 1. The SMILES string of the molecule is O=C1c2ccccc2C(=O)N1c1cc(Cl)c2cn[nH]c2c1. The Morgan fingerprint density at radius 1 is 1.05 bits per heavy atom. The molecule has 21 heavy (non-hydrogen) atoms. The first-order valence-corrected chi connectivity index (χ1v) is 6.65. The summed E-state index contributed by atoms with van der Waals surface area (Å²) in [5.41, 5.74) is 1.92. The summed E-state index contributed by atoms with van der Waals surface area (Å²) in [4.78, 5) is 26.0. The average Bonchev–Trinajstić information content (AvgIpc) is 3.04. The highest BCUT2D eigenvalue weighted by Gasteiger charge is 2.36. The van der Waals surface area contributed by atoms with Crippen molar-refractivity contribution in [2.45, 2.75) is 0 Å². The molecular weight excluding hydrogens is 290 g/mol. The maximum atomic E-state index is 12.4. The molecule has 0 saturated heterocycles. The van der Waals surface area contributed by atoms with Gasteiger partial charge in [0, 0.05) is 5.39 Å². The maximum Gasteiger partial charge on any atom is 0.266 e. The summed E-state index contributed by atoms with van der Waals surface area (Å²) < 4.78 is 0. The first-order valence-electron chi connectivity index (χ1n) is 6.27. The van der Waals surface area contributed by atoms with Gasteiger partial charge in [-0.15, -0.1) is 0 Å². The van der Waals surface area contributed by atoms with Crippen LogP contribution in [0.4, 0.5) is 5.69 Å². The topological polar surface area (TPSA) is 66.1 Å². The number of nitrogens with zero attached hydrogens (tertiary/aromatic N) is 2. The maximum absolute atomic E-state index is 12.4. The van der Waals surface area contributed by atoms with Crippen molar-refractivity contribution in [3.63, 3.8) is 0 Å². The van der Waals surface area contributed by atoms with Gasteiger partial charge in [-0.25, -0.2) is 4.90 Å². The van der Waals surface area contributed by atoms with E-state index in [1.54, 1.807) is 42.6 Å². The van der Waals surface area contributed by atoms with Crippen molar-refractivity contribution in [2.75, 3.05) is 4.90 Å². The molecule has 5 nitrogen and oxygen atoms in total. The number of amides is 2. The molecule has 4 rings (SSSR count). The molecule has 2 heterocycles. The number of carbonyl (C=O) groups is 2. The van der Waals surface area contributed by atoms with Crippen molar-refractivity contribution < 1.29 is 9.59 Å². The predicted octanol–water partition coefficient (Wildman–Crippen LogP) is 3.02. The smallest absolute Gasteiger partial charge is 0.266 e. The minimum atomic E-state index is -0.342. The van der Waals surface area contributed by atoms with Crippen molar-refractivity contribution in [1.82, 2.24) is 10.2 Å². The van der Waals surface area contributed by atoms with Gasteiger partial charge in [0.15, 0.2) is 0 Å². The molecule has 0 unspecified atom stereocenters. The van der Waals surface area contributed by atoms with Gasteiger partial charge in [-0.3, -0.25) is 14.7 Å². The minimum Gasteiger partial charge on any atom is -0.278 e. The fourth-order valence-electron chi connectivity index (χ4n) is 2.55. The molecule has 102 valence electrons. The number of nitrogens with one attached hydrogen (secondary N) is 1. The summed E-state index contributed by atoms with van der Waals surface area (Å²) in [5, 5.41) is 7.89. The quantitative estimate of drug-likeness (QED) is 0.702. The second-order valence-electron chi connectivity index (χ2n) is 4.75. The molecule has 0 aliphatic carbocycles. The normalized spacial score (nSPS) is 14.0. The van der Waals surface area contributed by atoms with Crippen LogP contribution in [-0.4, -0.2) is 22.0 Å². The van der Waals surface area contributed by atoms with Gasteiger partial charge in [0.25, 0.3) is 11.8 Å². The monoisotopic (exact) mass is 297 g/mol. The number of fused-ring (bicyclic) bond motifs is 2. The third-order valence-corrected chi connectivity index (χ3v) is 3.86. The molecule has 2 aromatic carbocycles. The van der Waals surface area contributed by atoms with Crippen LogP contribution in [0, 0.1) is 0 Å². The van der Waals surface area contributed by atoms with E-state index in [0.717, 1.165) is 10.3 Å². The zero-order valence-corrected chi connectivity index (χ0v) is 11.4. The third-order valence-electron chi connectivity index (χ3n) is 3.55. The number of hydrogen-bond acceptors (Lipinski definition) is 3. The number of rotatable bonds is 1. The lowest BCUT2D eigenvalue weighted by Gasteiger charge is -2.14. The first kappa shape index (κ1) is 12.1. The van der Waals surface area contributed by atoms with Gasteiger partial charge in [0.05, 0.1) is 33.6 Å². The highest BCUT2D eigenvalue weighted by molar-refractivity contribution is 6.38. The van der Waals surface area contributed by atoms with E-state index in [1.165, 1.54) is 0 Å². The highest BCUT2D eigenvalue weighted by Crippen LogP contribution is 2.33. The van der Waals surface area contributed by atoms with Crippen molar-refractivity contribution in [3.8, 4) is 0 Å². The predicted molar refractivity (Wildman–Crippen MR) is 78.7 cm³/mol. The molecule has 6 heteroatoms. The Bertz CT molecular complexity index is 881. The van der Waals surface area contributed by atoms with E-state index in [9.17, 15) is 9.59 Å². The molecule has 2 amide bonds. The van der Waals surface area contributed by atoms with Crippen molar-refractivity contribution >= 4 is 40.0 Å². The number of H-pyrrole nitrogens is 1. The zero-order valence-electron chi connectivity index (χ0n) is 10.6. The summed E-state index contributed by atoms with van der Waals surface area (Å²) in [7, 11) is 0. The number of imide groups is 1. The Labute approximate surface area is 124 Å². The van der Waals surface area contributed by atoms with E-state index < -0.39 is 0 Å². The van der Waals surface area contributed by atoms with E-state index in [1.807, 2.05) is 0 Å². The summed E-state index contributed by atoms with van der Waals surface area (Å²) in [6, 6.07) is 10.0. The fraction of sp³-hybridized carbons (Fsp3) is 0. The van der Waals surface area contributed by atoms with Crippen LogP contribution in [0.25, 0.3) is 10.9 Å². The second-order valence-corrected chi connectivity index (χ2v) is 5.16. The molecule has 0 bridgehead atoms. The highest BCUT2D eigenvalue weighted by atomic mass is 35.5. The lowest BCUT2D eigenvalue weighted by atomic mass is 10.1. The largest absolute Gasteiger partial charge is 0.278 e. The molecule has 3 aromatic rings. The van der Waals surface area contributed by atoms with E-state index in [4.69, 9.17) is 11.6 Å². The van der Waals surface area contributed by atoms with Gasteiger partial charge in [-0.05, 0) is 24.3 Å². The van der Waals surface area contributed by atoms with Crippen LogP contribution in [0.2, 0.25) is 5.02 Å². The summed E-state index contributed by atoms with van der Waals surface area (Å²) in [5.74, 6) is -0.684. The van der Waals surface area contributed by atoms with Crippen LogP contribution in [0.3, 0.4) is 0 Å². The van der Waals surface area contributed by atoms with Gasteiger partial charge >= 0.3 is 0 Å². The van der Waals surface area contributed by atoms with E-state index in [-0.39, 0.29) is 11.8 Å². The lowest BCUT2D eigenvalue weighted by Crippen LogP contribution is -2.29. The van der Waals surface area contributed by atoms with Crippen LogP contribution in [0.1, 0.15) is 20.7 Å². The average molecular weight is 298 g/mol. The van der Waals surface area contributed by atoms with Crippen LogP contribution in [-0.2, 0) is 0 Å². The van der Waals surface area contributed by atoms with E-state index >= 15 is 0 Å². The minimum absolute atomic E-state index is 0.342. The standard InChI is InChI=1S/C15H8ClN3O2/c16-12-5-8(6-13-11(12)7-17-18-13)19-14(20)9-3-1-2-4-10(9)15(19)21/h1-7H,(H,17,18). The van der Waals surface area contributed by atoms with Crippen molar-refractivity contribution in [2.24, 2.45) is 0 Å². The van der Waals surface area contributed by atoms with Gasteiger partial charge < -0.3 is 0 Å². The Hall–Kier alpha value is -2.66. The third kappa shape index (κ3) is 1.61. The summed E-state index contributed by atoms with van der Waals surface area (Å²) in [6.45, 7) is 0. The molecule has 0 fully saturated rings. The molecule has 1 aromatic heterocycles.